The summed E-state index contributed by atoms with van der Waals surface area (Å²) in [6.45, 7) is 9.34. The van der Waals surface area contributed by atoms with Crippen LogP contribution < -0.4 is 15.8 Å². The average Bonchev–Trinajstić information content (AvgIpc) is 2.82. The van der Waals surface area contributed by atoms with Gasteiger partial charge in [-0.1, -0.05) is 12.1 Å². The Labute approximate surface area is 214 Å². The number of piperidine rings is 2. The summed E-state index contributed by atoms with van der Waals surface area (Å²) in [5.74, 6) is 0.496. The van der Waals surface area contributed by atoms with Crippen LogP contribution in [0.4, 0.5) is 10.5 Å². The van der Waals surface area contributed by atoms with Crippen molar-refractivity contribution in [2.75, 3.05) is 45.2 Å². The molecule has 3 N–H and O–H groups in total. The van der Waals surface area contributed by atoms with Gasteiger partial charge >= 0.3 is 12.0 Å². The lowest BCUT2D eigenvalue weighted by Gasteiger charge is -2.40. The van der Waals surface area contributed by atoms with Gasteiger partial charge in [-0.2, -0.15) is 0 Å². The number of nitrogens with one attached hydrogen (secondary N) is 1. The van der Waals surface area contributed by atoms with E-state index in [9.17, 15) is 14.4 Å². The van der Waals surface area contributed by atoms with Crippen molar-refractivity contribution in [1.29, 1.82) is 0 Å². The van der Waals surface area contributed by atoms with Gasteiger partial charge in [-0.05, 0) is 90.1 Å². The number of anilines is 1. The minimum absolute atomic E-state index is 0.0370. The van der Waals surface area contributed by atoms with Crippen LogP contribution in [0.15, 0.2) is 24.3 Å². The predicted molar refractivity (Wildman–Crippen MR) is 139 cm³/mol. The van der Waals surface area contributed by atoms with Crippen LogP contribution in [0.1, 0.15) is 52.9 Å². The van der Waals surface area contributed by atoms with Crippen molar-refractivity contribution >= 4 is 23.6 Å². The molecule has 0 saturated carbocycles. The largest absolute Gasteiger partial charge is 0.495 e. The first-order valence-electron chi connectivity index (χ1n) is 13.0. The summed E-state index contributed by atoms with van der Waals surface area (Å²) in [6, 6.07) is 7.18. The van der Waals surface area contributed by atoms with Gasteiger partial charge in [-0.3, -0.25) is 9.59 Å². The van der Waals surface area contributed by atoms with Crippen molar-refractivity contribution in [1.82, 2.24) is 9.80 Å². The zero-order chi connectivity index (χ0) is 26.3. The lowest BCUT2D eigenvalue weighted by Crippen LogP contribution is -2.47. The molecule has 2 aliphatic heterocycles. The van der Waals surface area contributed by atoms with E-state index in [1.165, 1.54) is 0 Å². The maximum atomic E-state index is 13.1. The van der Waals surface area contributed by atoms with Crippen LogP contribution >= 0.6 is 0 Å². The number of carbonyl (C=O) groups excluding carboxylic acids is 3. The van der Waals surface area contributed by atoms with Crippen molar-refractivity contribution in [3.63, 3.8) is 0 Å². The molecule has 0 aliphatic carbocycles. The molecular formula is C27H42N4O5. The lowest BCUT2D eigenvalue weighted by molar-refractivity contribution is -0.156. The number of rotatable bonds is 8. The molecule has 3 rings (SSSR count). The van der Waals surface area contributed by atoms with E-state index >= 15 is 0 Å². The van der Waals surface area contributed by atoms with Gasteiger partial charge < -0.3 is 30.3 Å². The SMILES string of the molecule is COc1ccccc1NC(=O)N1CCC(CC(=O)OC(C)(C)C)C(CCN2CCC(C(N)=O)CC2)C1. The standard InChI is InChI=1S/C27H42N4O5/c1-27(2,3)36-24(32)17-20-12-16-31(26(34)29-22-7-5-6-8-23(22)35-4)18-21(20)11-15-30-13-9-19(10-14-30)25(28)33/h5-8,19-21H,9-18H2,1-4H3,(H2,28,33)(H,29,34). The molecule has 0 bridgehead atoms. The Hall–Kier alpha value is -2.81. The highest BCUT2D eigenvalue weighted by Gasteiger charge is 2.34. The molecule has 3 amide bonds. The number of hydrogen-bond acceptors (Lipinski definition) is 6. The van der Waals surface area contributed by atoms with Crippen molar-refractivity contribution in [2.24, 2.45) is 23.5 Å². The minimum Gasteiger partial charge on any atom is -0.495 e. The van der Waals surface area contributed by atoms with Gasteiger partial charge in [-0.15, -0.1) is 0 Å². The number of carbonyl (C=O) groups is 3. The van der Waals surface area contributed by atoms with E-state index in [1.54, 1.807) is 7.11 Å². The molecule has 2 heterocycles. The quantitative estimate of drug-likeness (QED) is 0.526. The first-order valence-corrected chi connectivity index (χ1v) is 13.0. The van der Waals surface area contributed by atoms with Gasteiger partial charge in [0.1, 0.15) is 11.4 Å². The van der Waals surface area contributed by atoms with Gasteiger partial charge in [-0.25, -0.2) is 4.79 Å². The lowest BCUT2D eigenvalue weighted by atomic mass is 9.81. The third-order valence-electron chi connectivity index (χ3n) is 7.18. The number of primary amides is 1. The van der Waals surface area contributed by atoms with E-state index in [4.69, 9.17) is 15.2 Å². The van der Waals surface area contributed by atoms with E-state index < -0.39 is 5.60 Å². The number of nitrogens with zero attached hydrogens (tertiary/aromatic N) is 2. The summed E-state index contributed by atoms with van der Waals surface area (Å²) >= 11 is 0. The molecule has 2 saturated heterocycles. The van der Waals surface area contributed by atoms with E-state index in [-0.39, 0.29) is 35.7 Å². The fraction of sp³-hybridized carbons (Fsp3) is 0.667. The second-order valence-corrected chi connectivity index (χ2v) is 11.0. The second-order valence-electron chi connectivity index (χ2n) is 11.0. The molecule has 0 aromatic heterocycles. The van der Waals surface area contributed by atoms with Gasteiger partial charge in [0.15, 0.2) is 0 Å². The molecule has 2 aliphatic rings. The van der Waals surface area contributed by atoms with E-state index in [0.717, 1.165) is 45.3 Å². The highest BCUT2D eigenvalue weighted by Crippen LogP contribution is 2.32. The maximum absolute atomic E-state index is 13.1. The maximum Gasteiger partial charge on any atom is 0.321 e. The first-order chi connectivity index (χ1) is 17.1. The number of urea groups is 1. The number of amides is 3. The molecular weight excluding hydrogens is 460 g/mol. The molecule has 36 heavy (non-hydrogen) atoms. The molecule has 9 nitrogen and oxygen atoms in total. The number of nitrogens with two attached hydrogens (primary N) is 1. The summed E-state index contributed by atoms with van der Waals surface area (Å²) in [5.41, 5.74) is 5.59. The van der Waals surface area contributed by atoms with Gasteiger partial charge in [0.2, 0.25) is 5.91 Å². The molecule has 2 atom stereocenters. The number of esters is 1. The second kappa shape index (κ2) is 12.4. The fourth-order valence-corrected chi connectivity index (χ4v) is 5.19. The van der Waals surface area contributed by atoms with Crippen LogP contribution in [0.5, 0.6) is 5.75 Å². The normalized spacial score (nSPS) is 21.6. The predicted octanol–water partition coefficient (Wildman–Crippen LogP) is 3.48. The highest BCUT2D eigenvalue weighted by molar-refractivity contribution is 5.91. The summed E-state index contributed by atoms with van der Waals surface area (Å²) < 4.78 is 11.0. The van der Waals surface area contributed by atoms with Crippen LogP contribution in [-0.2, 0) is 14.3 Å². The Morgan fingerprint density at radius 1 is 1.06 bits per heavy atom. The number of likely N-dealkylation sites (tertiary alicyclic amines) is 2. The molecule has 2 unspecified atom stereocenters. The molecule has 200 valence electrons. The number of benzene rings is 1. The van der Waals surface area contributed by atoms with Crippen LogP contribution in [0.3, 0.4) is 0 Å². The van der Waals surface area contributed by atoms with E-state index in [1.807, 2.05) is 49.9 Å². The van der Waals surface area contributed by atoms with Crippen LogP contribution in [-0.4, -0.2) is 73.1 Å². The summed E-state index contributed by atoms with van der Waals surface area (Å²) in [6.07, 6.45) is 3.54. The Morgan fingerprint density at radius 3 is 2.39 bits per heavy atom. The van der Waals surface area contributed by atoms with Crippen molar-refractivity contribution in [2.45, 2.75) is 58.5 Å². The van der Waals surface area contributed by atoms with Gasteiger partial charge in [0.25, 0.3) is 0 Å². The minimum atomic E-state index is -0.521. The zero-order valence-electron chi connectivity index (χ0n) is 22.1. The molecule has 2 fully saturated rings. The number of methoxy groups -OCH3 is 1. The molecule has 0 spiro atoms. The molecule has 1 aromatic carbocycles. The average molecular weight is 503 g/mol. The number of hydrogen-bond donors (Lipinski definition) is 2. The van der Waals surface area contributed by atoms with Crippen LogP contribution in [0, 0.1) is 17.8 Å². The van der Waals surface area contributed by atoms with Crippen LogP contribution in [0.25, 0.3) is 0 Å². The van der Waals surface area contributed by atoms with E-state index in [0.29, 0.717) is 30.9 Å². The van der Waals surface area contributed by atoms with Crippen molar-refractivity contribution in [3.8, 4) is 5.75 Å². The first kappa shape index (κ1) is 27.8. The van der Waals surface area contributed by atoms with Crippen molar-refractivity contribution in [3.05, 3.63) is 24.3 Å². The van der Waals surface area contributed by atoms with Crippen molar-refractivity contribution < 1.29 is 23.9 Å². The topological polar surface area (TPSA) is 114 Å². The Balaban J connectivity index is 1.63. The number of para-hydroxylation sites is 2. The third kappa shape index (κ3) is 8.11. The Bertz CT molecular complexity index is 908. The summed E-state index contributed by atoms with van der Waals surface area (Å²) in [7, 11) is 1.58. The third-order valence-corrected chi connectivity index (χ3v) is 7.18. The summed E-state index contributed by atoms with van der Waals surface area (Å²) in [5, 5.41) is 2.98. The van der Waals surface area contributed by atoms with Gasteiger partial charge in [0, 0.05) is 25.4 Å². The molecule has 9 heteroatoms. The highest BCUT2D eigenvalue weighted by atomic mass is 16.6. The Kier molecular flexibility index (Phi) is 9.59. The number of ether oxygens (including phenoxy) is 2. The fourth-order valence-electron chi connectivity index (χ4n) is 5.19. The smallest absolute Gasteiger partial charge is 0.321 e. The Morgan fingerprint density at radius 2 is 1.75 bits per heavy atom. The van der Waals surface area contributed by atoms with Crippen LogP contribution in [0.2, 0.25) is 0 Å². The van der Waals surface area contributed by atoms with E-state index in [2.05, 4.69) is 10.2 Å². The zero-order valence-corrected chi connectivity index (χ0v) is 22.1. The monoisotopic (exact) mass is 502 g/mol. The van der Waals surface area contributed by atoms with Gasteiger partial charge in [0.05, 0.1) is 12.8 Å². The summed E-state index contributed by atoms with van der Waals surface area (Å²) in [4.78, 5) is 41.4. The molecule has 0 radical (unpaired) electrons. The molecule has 1 aromatic rings.